The topological polar surface area (TPSA) is 57.9 Å². The van der Waals surface area contributed by atoms with Gasteiger partial charge in [-0.25, -0.2) is 0 Å². The molecule has 4 heteroatoms. The Morgan fingerprint density at radius 2 is 2.18 bits per heavy atom. The fourth-order valence-electron chi connectivity index (χ4n) is 3.34. The van der Waals surface area contributed by atoms with Gasteiger partial charge in [-0.1, -0.05) is 6.42 Å². The van der Waals surface area contributed by atoms with Crippen molar-refractivity contribution in [3.05, 3.63) is 17.5 Å². The Labute approximate surface area is 103 Å². The summed E-state index contributed by atoms with van der Waals surface area (Å²) in [5.41, 5.74) is 8.62. The molecule has 1 fully saturated rings. The fourth-order valence-corrected chi connectivity index (χ4v) is 3.34. The van der Waals surface area contributed by atoms with E-state index in [0.29, 0.717) is 12.0 Å². The van der Waals surface area contributed by atoms with Gasteiger partial charge in [-0.15, -0.1) is 0 Å². The second-order valence-electron chi connectivity index (χ2n) is 5.46. The molecule has 0 spiro atoms. The van der Waals surface area contributed by atoms with Crippen LogP contribution in [-0.2, 0) is 6.42 Å². The number of nitrogens with one attached hydrogen (secondary N) is 1. The van der Waals surface area contributed by atoms with Gasteiger partial charge in [0.1, 0.15) is 0 Å². The first-order valence-electron chi connectivity index (χ1n) is 6.84. The molecule has 2 atom stereocenters. The lowest BCUT2D eigenvalue weighted by molar-refractivity contribution is 0.133. The van der Waals surface area contributed by atoms with Crippen molar-refractivity contribution in [1.82, 2.24) is 15.1 Å². The molecule has 0 radical (unpaired) electrons. The Morgan fingerprint density at radius 1 is 1.35 bits per heavy atom. The predicted molar refractivity (Wildman–Crippen MR) is 67.6 cm³/mol. The highest BCUT2D eigenvalue weighted by Gasteiger charge is 2.32. The Kier molecular flexibility index (Phi) is 3.16. The van der Waals surface area contributed by atoms with Crippen LogP contribution in [0.25, 0.3) is 0 Å². The molecule has 1 aromatic heterocycles. The first kappa shape index (κ1) is 11.2. The van der Waals surface area contributed by atoms with E-state index < -0.39 is 0 Å². The van der Waals surface area contributed by atoms with Crippen molar-refractivity contribution in [1.29, 1.82) is 0 Å². The van der Waals surface area contributed by atoms with Gasteiger partial charge in [0.2, 0.25) is 0 Å². The molecule has 2 aliphatic rings. The van der Waals surface area contributed by atoms with Gasteiger partial charge >= 0.3 is 0 Å². The Balaban J connectivity index is 1.83. The van der Waals surface area contributed by atoms with Crippen LogP contribution in [0, 0.1) is 5.92 Å². The van der Waals surface area contributed by atoms with Crippen molar-refractivity contribution in [3.63, 3.8) is 0 Å². The van der Waals surface area contributed by atoms with E-state index in [-0.39, 0.29) is 0 Å². The Bertz CT molecular complexity index is 367. The predicted octanol–water partition coefficient (Wildman–Crippen LogP) is 1.46. The smallest absolute Gasteiger partial charge is 0.0538 e. The number of nitrogens with zero attached hydrogens (tertiary/aromatic N) is 2. The molecule has 1 aliphatic heterocycles. The van der Waals surface area contributed by atoms with Crippen molar-refractivity contribution in [2.24, 2.45) is 11.7 Å². The molecular formula is C13H22N4. The highest BCUT2D eigenvalue weighted by atomic mass is 15.2. The van der Waals surface area contributed by atoms with Gasteiger partial charge < -0.3 is 5.73 Å². The third kappa shape index (κ3) is 2.11. The van der Waals surface area contributed by atoms with E-state index in [2.05, 4.69) is 15.1 Å². The summed E-state index contributed by atoms with van der Waals surface area (Å²) >= 11 is 0. The number of fused-ring (bicyclic) bond motifs is 1. The highest BCUT2D eigenvalue weighted by molar-refractivity contribution is 5.25. The lowest BCUT2D eigenvalue weighted by Gasteiger charge is -2.39. The average molecular weight is 234 g/mol. The SMILES string of the molecule is NCC1Cc2[nH]ncc2C(N2CCCCC2)C1. The van der Waals surface area contributed by atoms with Crippen LogP contribution in [0.1, 0.15) is 43.0 Å². The maximum absolute atomic E-state index is 5.87. The molecule has 0 bridgehead atoms. The zero-order valence-corrected chi connectivity index (χ0v) is 10.4. The van der Waals surface area contributed by atoms with Crippen LogP contribution in [0.3, 0.4) is 0 Å². The van der Waals surface area contributed by atoms with Crippen LogP contribution < -0.4 is 5.73 Å². The van der Waals surface area contributed by atoms with E-state index in [0.717, 1.165) is 13.0 Å². The summed E-state index contributed by atoms with van der Waals surface area (Å²) in [6.07, 6.45) is 8.40. The van der Waals surface area contributed by atoms with Gasteiger partial charge in [-0.3, -0.25) is 10.00 Å². The highest BCUT2D eigenvalue weighted by Crippen LogP contribution is 2.37. The first-order valence-corrected chi connectivity index (χ1v) is 6.84. The zero-order valence-electron chi connectivity index (χ0n) is 10.4. The first-order chi connectivity index (χ1) is 8.38. The lowest BCUT2D eigenvalue weighted by Crippen LogP contribution is -2.38. The minimum atomic E-state index is 0.561. The lowest BCUT2D eigenvalue weighted by atomic mass is 9.83. The molecule has 1 saturated heterocycles. The van der Waals surface area contributed by atoms with Gasteiger partial charge in [0, 0.05) is 17.3 Å². The number of aromatic nitrogens is 2. The van der Waals surface area contributed by atoms with Crippen LogP contribution in [0.4, 0.5) is 0 Å². The number of nitrogens with two attached hydrogens (primary N) is 1. The summed E-state index contributed by atoms with van der Waals surface area (Å²) in [7, 11) is 0. The largest absolute Gasteiger partial charge is 0.330 e. The minimum absolute atomic E-state index is 0.561. The van der Waals surface area contributed by atoms with Crippen LogP contribution in [-0.4, -0.2) is 34.7 Å². The summed E-state index contributed by atoms with van der Waals surface area (Å²) in [4.78, 5) is 2.64. The Hall–Kier alpha value is -0.870. The fraction of sp³-hybridized carbons (Fsp3) is 0.769. The molecule has 0 saturated carbocycles. The molecule has 94 valence electrons. The van der Waals surface area contributed by atoms with Crippen LogP contribution in [0.15, 0.2) is 6.20 Å². The number of rotatable bonds is 2. The number of piperidine rings is 1. The quantitative estimate of drug-likeness (QED) is 0.814. The summed E-state index contributed by atoms with van der Waals surface area (Å²) in [5.74, 6) is 0.620. The monoisotopic (exact) mass is 234 g/mol. The van der Waals surface area contributed by atoms with Crippen molar-refractivity contribution in [2.75, 3.05) is 19.6 Å². The molecule has 0 aromatic carbocycles. The molecule has 0 amide bonds. The van der Waals surface area contributed by atoms with E-state index in [1.807, 2.05) is 6.20 Å². The second-order valence-corrected chi connectivity index (χ2v) is 5.46. The number of likely N-dealkylation sites (tertiary alicyclic amines) is 1. The molecule has 3 N–H and O–H groups in total. The van der Waals surface area contributed by atoms with E-state index >= 15 is 0 Å². The number of hydrogen-bond acceptors (Lipinski definition) is 3. The van der Waals surface area contributed by atoms with E-state index in [9.17, 15) is 0 Å². The van der Waals surface area contributed by atoms with Crippen molar-refractivity contribution in [2.45, 2.75) is 38.1 Å². The third-order valence-electron chi connectivity index (χ3n) is 4.32. The minimum Gasteiger partial charge on any atom is -0.330 e. The van der Waals surface area contributed by atoms with E-state index in [4.69, 9.17) is 5.73 Å². The zero-order chi connectivity index (χ0) is 11.7. The number of aromatic amines is 1. The van der Waals surface area contributed by atoms with Crippen LogP contribution in [0.5, 0.6) is 0 Å². The molecular weight excluding hydrogens is 212 g/mol. The van der Waals surface area contributed by atoms with E-state index in [1.165, 1.54) is 50.0 Å². The van der Waals surface area contributed by atoms with Crippen molar-refractivity contribution >= 4 is 0 Å². The molecule has 1 aromatic rings. The molecule has 2 unspecified atom stereocenters. The van der Waals surface area contributed by atoms with Crippen molar-refractivity contribution in [3.8, 4) is 0 Å². The maximum Gasteiger partial charge on any atom is 0.0538 e. The summed E-state index contributed by atoms with van der Waals surface area (Å²) in [6.45, 7) is 3.28. The number of hydrogen-bond donors (Lipinski definition) is 2. The average Bonchev–Trinajstić information content (AvgIpc) is 2.86. The normalized spacial score (nSPS) is 30.2. The summed E-state index contributed by atoms with van der Waals surface area (Å²) < 4.78 is 0. The van der Waals surface area contributed by atoms with Gasteiger partial charge in [0.05, 0.1) is 6.20 Å². The standard InChI is InChI=1S/C13H22N4/c14-8-10-6-12-11(9-15-16-12)13(7-10)17-4-2-1-3-5-17/h9-10,13H,1-8,14H2,(H,15,16). The van der Waals surface area contributed by atoms with Crippen molar-refractivity contribution < 1.29 is 0 Å². The summed E-state index contributed by atoms with van der Waals surface area (Å²) in [6, 6.07) is 0.561. The number of H-pyrrole nitrogens is 1. The van der Waals surface area contributed by atoms with Crippen LogP contribution in [0.2, 0.25) is 0 Å². The molecule has 4 nitrogen and oxygen atoms in total. The summed E-state index contributed by atoms with van der Waals surface area (Å²) in [5, 5.41) is 7.38. The Morgan fingerprint density at radius 3 is 2.94 bits per heavy atom. The van der Waals surface area contributed by atoms with Gasteiger partial charge in [-0.05, 0) is 51.2 Å². The molecule has 3 rings (SSSR count). The molecule has 2 heterocycles. The second kappa shape index (κ2) is 4.78. The van der Waals surface area contributed by atoms with Gasteiger partial charge in [-0.2, -0.15) is 5.10 Å². The molecule has 17 heavy (non-hydrogen) atoms. The van der Waals surface area contributed by atoms with Crippen LogP contribution >= 0.6 is 0 Å². The molecule has 1 aliphatic carbocycles. The van der Waals surface area contributed by atoms with Gasteiger partial charge in [0.15, 0.2) is 0 Å². The van der Waals surface area contributed by atoms with E-state index in [1.54, 1.807) is 0 Å². The maximum atomic E-state index is 5.87. The third-order valence-corrected chi connectivity index (χ3v) is 4.32. The van der Waals surface area contributed by atoms with Gasteiger partial charge in [0.25, 0.3) is 0 Å².